The molecule has 2 aromatic carbocycles. The van der Waals surface area contributed by atoms with Crippen molar-refractivity contribution < 1.29 is 0 Å². The first-order valence-electron chi connectivity index (χ1n) is 6.24. The number of hydrogen-bond donors (Lipinski definition) is 1. The molecule has 94 valence electrons. The summed E-state index contributed by atoms with van der Waals surface area (Å²) in [7, 11) is 0. The zero-order valence-electron chi connectivity index (χ0n) is 10.8. The van der Waals surface area contributed by atoms with Gasteiger partial charge in [-0.1, -0.05) is 60.1 Å². The Morgan fingerprint density at radius 3 is 2.28 bits per heavy atom. The van der Waals surface area contributed by atoms with Gasteiger partial charge < -0.3 is 5.32 Å². The van der Waals surface area contributed by atoms with Crippen LogP contribution in [-0.2, 0) is 6.54 Å². The first-order chi connectivity index (χ1) is 8.66. The summed E-state index contributed by atoms with van der Waals surface area (Å²) in [5, 5.41) is 3.44. The smallest absolute Gasteiger partial charge is 0.0411 e. The summed E-state index contributed by atoms with van der Waals surface area (Å²) >= 11 is 3.56. The molecular weight excluding hydrogens is 286 g/mol. The maximum atomic E-state index is 3.56. The van der Waals surface area contributed by atoms with Gasteiger partial charge in [-0.2, -0.15) is 0 Å². The van der Waals surface area contributed by atoms with Gasteiger partial charge in [0.2, 0.25) is 0 Å². The van der Waals surface area contributed by atoms with Gasteiger partial charge in [0.1, 0.15) is 0 Å². The predicted molar refractivity (Wildman–Crippen MR) is 82.0 cm³/mol. The predicted octanol–water partition coefficient (Wildman–Crippen LogP) is 5.18. The van der Waals surface area contributed by atoms with Crippen molar-refractivity contribution in [3.63, 3.8) is 0 Å². The van der Waals surface area contributed by atoms with E-state index in [4.69, 9.17) is 0 Å². The molecule has 0 aromatic heterocycles. The van der Waals surface area contributed by atoms with Gasteiger partial charge >= 0.3 is 0 Å². The van der Waals surface area contributed by atoms with E-state index in [0.29, 0.717) is 5.92 Å². The molecule has 0 atom stereocenters. The minimum absolute atomic E-state index is 0.585. The average molecular weight is 304 g/mol. The summed E-state index contributed by atoms with van der Waals surface area (Å²) in [6, 6.07) is 16.9. The standard InChI is InChI=1S/C16H18BrN/c1-12(2)13-7-9-15(10-8-13)18-11-14-5-3-4-6-16(14)17/h3-10,12,18H,11H2,1-2H3. The number of rotatable bonds is 4. The van der Waals surface area contributed by atoms with Crippen molar-refractivity contribution in [3.05, 3.63) is 64.1 Å². The van der Waals surface area contributed by atoms with Crippen LogP contribution in [0.1, 0.15) is 30.9 Å². The van der Waals surface area contributed by atoms with Crippen molar-refractivity contribution in [2.24, 2.45) is 0 Å². The van der Waals surface area contributed by atoms with Crippen molar-refractivity contribution in [2.45, 2.75) is 26.3 Å². The third-order valence-corrected chi connectivity index (χ3v) is 3.79. The Morgan fingerprint density at radius 2 is 1.67 bits per heavy atom. The van der Waals surface area contributed by atoms with Crippen LogP contribution in [-0.4, -0.2) is 0 Å². The van der Waals surface area contributed by atoms with Crippen LogP contribution in [0.25, 0.3) is 0 Å². The van der Waals surface area contributed by atoms with Crippen molar-refractivity contribution >= 4 is 21.6 Å². The van der Waals surface area contributed by atoms with E-state index in [1.54, 1.807) is 0 Å². The van der Waals surface area contributed by atoms with E-state index >= 15 is 0 Å². The van der Waals surface area contributed by atoms with Gasteiger partial charge in [-0.15, -0.1) is 0 Å². The van der Waals surface area contributed by atoms with Gasteiger partial charge in [0.05, 0.1) is 0 Å². The molecule has 0 fully saturated rings. The van der Waals surface area contributed by atoms with Crippen LogP contribution < -0.4 is 5.32 Å². The molecule has 0 aliphatic rings. The first-order valence-corrected chi connectivity index (χ1v) is 7.03. The molecule has 0 heterocycles. The molecule has 0 radical (unpaired) electrons. The molecule has 1 N–H and O–H groups in total. The molecule has 2 aromatic rings. The van der Waals surface area contributed by atoms with E-state index in [1.807, 2.05) is 6.07 Å². The van der Waals surface area contributed by atoms with Crippen molar-refractivity contribution in [1.29, 1.82) is 0 Å². The second-order valence-corrected chi connectivity index (χ2v) is 5.58. The van der Waals surface area contributed by atoms with Crippen molar-refractivity contribution in [1.82, 2.24) is 0 Å². The Bertz CT molecular complexity index is 503. The first kappa shape index (κ1) is 13.2. The fourth-order valence-electron chi connectivity index (χ4n) is 1.82. The topological polar surface area (TPSA) is 12.0 Å². The Balaban J connectivity index is 2.00. The summed E-state index contributed by atoms with van der Waals surface area (Å²) < 4.78 is 1.15. The minimum atomic E-state index is 0.585. The lowest BCUT2D eigenvalue weighted by molar-refractivity contribution is 0.867. The monoisotopic (exact) mass is 303 g/mol. The summed E-state index contributed by atoms with van der Waals surface area (Å²) in [6.07, 6.45) is 0. The zero-order valence-corrected chi connectivity index (χ0v) is 12.4. The highest BCUT2D eigenvalue weighted by atomic mass is 79.9. The molecule has 2 rings (SSSR count). The fourth-order valence-corrected chi connectivity index (χ4v) is 2.25. The highest BCUT2D eigenvalue weighted by molar-refractivity contribution is 9.10. The maximum absolute atomic E-state index is 3.56. The zero-order chi connectivity index (χ0) is 13.0. The second kappa shape index (κ2) is 6.05. The van der Waals surface area contributed by atoms with Gasteiger partial charge in [0, 0.05) is 16.7 Å². The fraction of sp³-hybridized carbons (Fsp3) is 0.250. The summed E-state index contributed by atoms with van der Waals surface area (Å²) in [5.74, 6) is 0.585. The largest absolute Gasteiger partial charge is 0.381 e. The summed E-state index contributed by atoms with van der Waals surface area (Å²) in [4.78, 5) is 0. The van der Waals surface area contributed by atoms with E-state index in [2.05, 4.69) is 77.6 Å². The van der Waals surface area contributed by atoms with Crippen LogP contribution in [0.15, 0.2) is 53.0 Å². The number of anilines is 1. The average Bonchev–Trinajstić information content (AvgIpc) is 2.38. The third-order valence-electron chi connectivity index (χ3n) is 3.02. The summed E-state index contributed by atoms with van der Waals surface area (Å²) in [6.45, 7) is 5.26. The number of halogens is 1. The Hall–Kier alpha value is -1.28. The van der Waals surface area contributed by atoms with E-state index < -0.39 is 0 Å². The normalized spacial score (nSPS) is 10.7. The number of hydrogen-bond acceptors (Lipinski definition) is 1. The minimum Gasteiger partial charge on any atom is -0.381 e. The van der Waals surface area contributed by atoms with E-state index in [9.17, 15) is 0 Å². The maximum Gasteiger partial charge on any atom is 0.0411 e. The Labute approximate surface area is 117 Å². The van der Waals surface area contributed by atoms with Crippen LogP contribution in [0.3, 0.4) is 0 Å². The van der Waals surface area contributed by atoms with E-state index in [-0.39, 0.29) is 0 Å². The highest BCUT2D eigenvalue weighted by Crippen LogP contribution is 2.20. The van der Waals surface area contributed by atoms with Crippen LogP contribution in [0.2, 0.25) is 0 Å². The molecule has 0 bridgehead atoms. The molecular formula is C16H18BrN. The number of benzene rings is 2. The van der Waals surface area contributed by atoms with Gasteiger partial charge in [-0.05, 0) is 35.2 Å². The lowest BCUT2D eigenvalue weighted by atomic mass is 10.0. The molecule has 0 amide bonds. The van der Waals surface area contributed by atoms with Crippen LogP contribution in [0.4, 0.5) is 5.69 Å². The Morgan fingerprint density at radius 1 is 1.00 bits per heavy atom. The molecule has 0 saturated heterocycles. The Kier molecular flexibility index (Phi) is 4.43. The van der Waals surface area contributed by atoms with Crippen LogP contribution in [0.5, 0.6) is 0 Å². The van der Waals surface area contributed by atoms with E-state index in [1.165, 1.54) is 11.1 Å². The number of nitrogens with one attached hydrogen (secondary N) is 1. The lowest BCUT2D eigenvalue weighted by Crippen LogP contribution is -2.00. The van der Waals surface area contributed by atoms with E-state index in [0.717, 1.165) is 16.7 Å². The molecule has 0 aliphatic heterocycles. The lowest BCUT2D eigenvalue weighted by Gasteiger charge is -2.10. The van der Waals surface area contributed by atoms with Crippen molar-refractivity contribution in [2.75, 3.05) is 5.32 Å². The van der Waals surface area contributed by atoms with Gasteiger partial charge in [0.15, 0.2) is 0 Å². The molecule has 0 aliphatic carbocycles. The van der Waals surface area contributed by atoms with Crippen molar-refractivity contribution in [3.8, 4) is 0 Å². The molecule has 0 saturated carbocycles. The molecule has 0 spiro atoms. The summed E-state index contributed by atoms with van der Waals surface area (Å²) in [5.41, 5.74) is 3.81. The third kappa shape index (κ3) is 3.36. The highest BCUT2D eigenvalue weighted by Gasteiger charge is 2.00. The second-order valence-electron chi connectivity index (χ2n) is 4.72. The van der Waals surface area contributed by atoms with Gasteiger partial charge in [-0.25, -0.2) is 0 Å². The SMILES string of the molecule is CC(C)c1ccc(NCc2ccccc2Br)cc1. The van der Waals surface area contributed by atoms with Crippen LogP contribution in [0, 0.1) is 0 Å². The quantitative estimate of drug-likeness (QED) is 0.820. The molecule has 2 heteroatoms. The molecule has 18 heavy (non-hydrogen) atoms. The van der Waals surface area contributed by atoms with Gasteiger partial charge in [-0.3, -0.25) is 0 Å². The van der Waals surface area contributed by atoms with Gasteiger partial charge in [0.25, 0.3) is 0 Å². The molecule has 1 nitrogen and oxygen atoms in total. The molecule has 0 unspecified atom stereocenters. The van der Waals surface area contributed by atoms with Crippen LogP contribution >= 0.6 is 15.9 Å².